The smallest absolute Gasteiger partial charge is 0.276 e. The van der Waals surface area contributed by atoms with Gasteiger partial charge in [0.2, 0.25) is 0 Å². The molecule has 2 aliphatic rings. The number of carbonyl (C=O) groups excluding carboxylic acids is 1. The molecule has 1 N–H and O–H groups in total. The van der Waals surface area contributed by atoms with Crippen LogP contribution in [-0.2, 0) is 11.4 Å². The lowest BCUT2D eigenvalue weighted by Gasteiger charge is -2.11. The monoisotopic (exact) mass is 408 g/mol. The van der Waals surface area contributed by atoms with Gasteiger partial charge in [0, 0.05) is 12.1 Å². The maximum Gasteiger partial charge on any atom is 0.276 e. The van der Waals surface area contributed by atoms with Gasteiger partial charge in [-0.15, -0.1) is 0 Å². The maximum absolute atomic E-state index is 12.4. The van der Waals surface area contributed by atoms with E-state index < -0.39 is 0 Å². The Morgan fingerprint density at radius 3 is 2.88 bits per heavy atom. The molecule has 0 radical (unpaired) electrons. The normalized spacial score (nSPS) is 18.5. The zero-order valence-electron chi connectivity index (χ0n) is 13.5. The fraction of sp³-hybridized carbons (Fsp3) is 0.222. The van der Waals surface area contributed by atoms with Crippen LogP contribution in [-0.4, -0.2) is 22.0 Å². The molecule has 1 saturated heterocycles. The molecule has 0 bridgehead atoms. The second-order valence-corrected chi connectivity index (χ2v) is 7.21. The van der Waals surface area contributed by atoms with Crippen molar-refractivity contribution in [3.8, 4) is 5.75 Å². The Labute approximate surface area is 165 Å². The van der Waals surface area contributed by atoms with E-state index in [4.69, 9.17) is 44.6 Å². The molecule has 2 fully saturated rings. The van der Waals surface area contributed by atoms with Crippen molar-refractivity contribution in [3.63, 3.8) is 0 Å². The number of halogens is 2. The van der Waals surface area contributed by atoms with Crippen LogP contribution in [0.15, 0.2) is 40.4 Å². The first kappa shape index (κ1) is 17.4. The number of ether oxygens (including phenoxy) is 1. The molecule has 5 nitrogen and oxygen atoms in total. The third-order valence-corrected chi connectivity index (χ3v) is 5.18. The molecule has 2 heterocycles. The number of benzene rings is 1. The van der Waals surface area contributed by atoms with Gasteiger partial charge >= 0.3 is 0 Å². The average molecular weight is 409 g/mol. The van der Waals surface area contributed by atoms with Gasteiger partial charge in [-0.25, -0.2) is 0 Å². The highest BCUT2D eigenvalue weighted by molar-refractivity contribution is 7.80. The van der Waals surface area contributed by atoms with E-state index in [1.807, 2.05) is 0 Å². The summed E-state index contributed by atoms with van der Waals surface area (Å²) in [4.78, 5) is 14.0. The largest absolute Gasteiger partial charge is 0.484 e. The lowest BCUT2D eigenvalue weighted by molar-refractivity contribution is -0.122. The summed E-state index contributed by atoms with van der Waals surface area (Å²) < 4.78 is 11.3. The number of nitrogens with zero attached hydrogens (tertiary/aromatic N) is 1. The highest BCUT2D eigenvalue weighted by Crippen LogP contribution is 2.32. The van der Waals surface area contributed by atoms with E-state index in [0.29, 0.717) is 38.1 Å². The topological polar surface area (TPSA) is 54.7 Å². The first-order valence-corrected chi connectivity index (χ1v) is 9.21. The first-order chi connectivity index (χ1) is 12.5. The zero-order chi connectivity index (χ0) is 18.3. The van der Waals surface area contributed by atoms with E-state index >= 15 is 0 Å². The number of hydrogen-bond acceptors (Lipinski definition) is 4. The van der Waals surface area contributed by atoms with Gasteiger partial charge in [0.25, 0.3) is 5.91 Å². The van der Waals surface area contributed by atoms with Crippen LogP contribution in [0, 0.1) is 0 Å². The van der Waals surface area contributed by atoms with Crippen molar-refractivity contribution in [2.24, 2.45) is 0 Å². The second-order valence-electron chi connectivity index (χ2n) is 6.04. The third-order valence-electron chi connectivity index (χ3n) is 4.08. The fourth-order valence-electron chi connectivity index (χ4n) is 2.65. The summed E-state index contributed by atoms with van der Waals surface area (Å²) in [5.41, 5.74) is 0.418. The van der Waals surface area contributed by atoms with Crippen LogP contribution in [0.5, 0.6) is 5.75 Å². The third kappa shape index (κ3) is 3.45. The van der Waals surface area contributed by atoms with E-state index in [-0.39, 0.29) is 18.6 Å². The van der Waals surface area contributed by atoms with Crippen molar-refractivity contribution in [1.82, 2.24) is 10.2 Å². The fourth-order valence-corrected chi connectivity index (χ4v) is 3.34. The molecule has 134 valence electrons. The molecule has 4 rings (SSSR count). The van der Waals surface area contributed by atoms with E-state index in [0.717, 1.165) is 12.8 Å². The quantitative estimate of drug-likeness (QED) is 0.587. The van der Waals surface area contributed by atoms with Crippen LogP contribution in [0.4, 0.5) is 0 Å². The molecule has 0 atom stereocenters. The number of hydrogen-bond donors (Lipinski definition) is 1. The number of carbonyl (C=O) groups is 1. The second kappa shape index (κ2) is 6.95. The van der Waals surface area contributed by atoms with E-state index in [2.05, 4.69) is 5.32 Å². The van der Waals surface area contributed by atoms with Crippen molar-refractivity contribution < 1.29 is 13.9 Å². The molecule has 26 heavy (non-hydrogen) atoms. The summed E-state index contributed by atoms with van der Waals surface area (Å²) in [6.07, 6.45) is 3.64. The van der Waals surface area contributed by atoms with Crippen molar-refractivity contribution in [1.29, 1.82) is 0 Å². The van der Waals surface area contributed by atoms with Crippen molar-refractivity contribution >= 4 is 52.5 Å². The average Bonchev–Trinajstić information content (AvgIpc) is 3.27. The van der Waals surface area contributed by atoms with Crippen LogP contribution in [0.2, 0.25) is 10.0 Å². The summed E-state index contributed by atoms with van der Waals surface area (Å²) in [5.74, 6) is 1.50. The first-order valence-electron chi connectivity index (χ1n) is 8.04. The highest BCUT2D eigenvalue weighted by Gasteiger charge is 2.41. The van der Waals surface area contributed by atoms with Gasteiger partial charge in [0.15, 0.2) is 5.11 Å². The van der Waals surface area contributed by atoms with Crippen LogP contribution < -0.4 is 10.1 Å². The lowest BCUT2D eigenvalue weighted by Crippen LogP contribution is -2.32. The summed E-state index contributed by atoms with van der Waals surface area (Å²) in [7, 11) is 0. The van der Waals surface area contributed by atoms with Gasteiger partial charge in [-0.2, -0.15) is 0 Å². The Kier molecular flexibility index (Phi) is 4.65. The molecular formula is C18H14Cl2N2O3S. The van der Waals surface area contributed by atoms with Crippen LogP contribution in [0.25, 0.3) is 6.08 Å². The standard InChI is InChI=1S/C18H14Cl2N2O3S/c19-13-2-1-3-15(16(13)20)24-9-12-7-6-11(25-12)8-14-17(23)22(10-4-5-10)18(26)21-14/h1-3,6-8,10H,4-5,9H2,(H,21,26)/b14-8+. The molecular weight excluding hydrogens is 395 g/mol. The molecule has 1 aromatic carbocycles. The van der Waals surface area contributed by atoms with E-state index in [1.54, 1.807) is 41.3 Å². The number of rotatable bonds is 5. The predicted octanol–water partition coefficient (Wildman–Crippen LogP) is 4.39. The molecule has 0 unspecified atom stereocenters. The number of furan rings is 1. The SMILES string of the molecule is O=C1/C(=C\c2ccc(COc3cccc(Cl)c3Cl)o2)NC(=S)N1C1CC1. The molecule has 2 aromatic rings. The summed E-state index contributed by atoms with van der Waals surface area (Å²) in [5, 5.41) is 4.19. The molecule has 8 heteroatoms. The van der Waals surface area contributed by atoms with Crippen molar-refractivity contribution in [2.75, 3.05) is 0 Å². The summed E-state index contributed by atoms with van der Waals surface area (Å²) in [6, 6.07) is 8.96. The minimum Gasteiger partial charge on any atom is -0.484 e. The van der Waals surface area contributed by atoms with Gasteiger partial charge in [-0.05, 0) is 49.3 Å². The van der Waals surface area contributed by atoms with Gasteiger partial charge < -0.3 is 14.5 Å². The molecule has 1 aliphatic carbocycles. The Morgan fingerprint density at radius 2 is 2.12 bits per heavy atom. The number of thiocarbonyl (C=S) groups is 1. The maximum atomic E-state index is 12.4. The number of amides is 1. The summed E-state index contributed by atoms with van der Waals surface area (Å²) in [6.45, 7) is 0.192. The molecule has 1 amide bonds. The van der Waals surface area contributed by atoms with Crippen molar-refractivity contribution in [3.05, 3.63) is 57.6 Å². The van der Waals surface area contributed by atoms with Crippen LogP contribution in [0.1, 0.15) is 24.4 Å². The van der Waals surface area contributed by atoms with Gasteiger partial charge in [0.1, 0.15) is 34.6 Å². The minimum atomic E-state index is -0.114. The Morgan fingerprint density at radius 1 is 1.31 bits per heavy atom. The lowest BCUT2D eigenvalue weighted by atomic mass is 10.3. The predicted molar refractivity (Wildman–Crippen MR) is 103 cm³/mol. The molecule has 0 spiro atoms. The van der Waals surface area contributed by atoms with E-state index in [9.17, 15) is 4.79 Å². The van der Waals surface area contributed by atoms with Gasteiger partial charge in [-0.1, -0.05) is 29.3 Å². The van der Waals surface area contributed by atoms with Crippen LogP contribution in [0.3, 0.4) is 0 Å². The van der Waals surface area contributed by atoms with Crippen molar-refractivity contribution in [2.45, 2.75) is 25.5 Å². The van der Waals surface area contributed by atoms with Gasteiger partial charge in [-0.3, -0.25) is 9.69 Å². The molecule has 1 aromatic heterocycles. The Bertz CT molecular complexity index is 921. The Balaban J connectivity index is 1.44. The molecule has 1 saturated carbocycles. The van der Waals surface area contributed by atoms with E-state index in [1.165, 1.54) is 0 Å². The van der Waals surface area contributed by atoms with Crippen LogP contribution >= 0.6 is 35.4 Å². The Hall–Kier alpha value is -2.02. The van der Waals surface area contributed by atoms with Gasteiger partial charge in [0.05, 0.1) is 5.02 Å². The summed E-state index contributed by atoms with van der Waals surface area (Å²) >= 11 is 17.3. The number of nitrogens with one attached hydrogen (secondary N) is 1. The molecule has 1 aliphatic heterocycles. The zero-order valence-corrected chi connectivity index (χ0v) is 15.8. The minimum absolute atomic E-state index is 0.114. The highest BCUT2D eigenvalue weighted by atomic mass is 35.5.